The van der Waals surface area contributed by atoms with Crippen LogP contribution in [0.2, 0.25) is 0 Å². The Morgan fingerprint density at radius 2 is 2.12 bits per heavy atom. The highest BCUT2D eigenvalue weighted by Crippen LogP contribution is 2.15. The molecule has 0 spiro atoms. The Kier molecular flexibility index (Phi) is 3.49. The second-order valence-corrected chi connectivity index (χ2v) is 4.35. The van der Waals surface area contributed by atoms with Gasteiger partial charge in [-0.2, -0.15) is 0 Å². The number of carboxylic acid groups (broad SMARTS) is 1. The molecule has 5 heteroatoms. The SMILES string of the molecule is Cc1cc(C(=O)O)cc(NC(C)(C)CO)n1. The highest BCUT2D eigenvalue weighted by atomic mass is 16.4. The Labute approximate surface area is 94.1 Å². The molecule has 0 aliphatic carbocycles. The van der Waals surface area contributed by atoms with E-state index in [9.17, 15) is 4.79 Å². The van der Waals surface area contributed by atoms with Crippen molar-refractivity contribution in [1.29, 1.82) is 0 Å². The summed E-state index contributed by atoms with van der Waals surface area (Å²) in [5.41, 5.74) is 0.274. The number of aliphatic hydroxyl groups excluding tert-OH is 1. The minimum absolute atomic E-state index is 0.0645. The lowest BCUT2D eigenvalue weighted by Crippen LogP contribution is -2.35. The number of hydrogen-bond acceptors (Lipinski definition) is 4. The molecule has 0 atom stereocenters. The molecule has 3 N–H and O–H groups in total. The number of nitrogens with one attached hydrogen (secondary N) is 1. The van der Waals surface area contributed by atoms with Gasteiger partial charge in [-0.05, 0) is 32.9 Å². The Hall–Kier alpha value is -1.62. The van der Waals surface area contributed by atoms with E-state index < -0.39 is 11.5 Å². The third-order valence-corrected chi connectivity index (χ3v) is 2.06. The van der Waals surface area contributed by atoms with Crippen LogP contribution in [0.1, 0.15) is 29.9 Å². The molecule has 0 fully saturated rings. The zero-order chi connectivity index (χ0) is 12.3. The second-order valence-electron chi connectivity index (χ2n) is 4.35. The van der Waals surface area contributed by atoms with E-state index >= 15 is 0 Å². The van der Waals surface area contributed by atoms with E-state index in [0.29, 0.717) is 11.5 Å². The van der Waals surface area contributed by atoms with Gasteiger partial charge in [0.25, 0.3) is 0 Å². The smallest absolute Gasteiger partial charge is 0.335 e. The third-order valence-electron chi connectivity index (χ3n) is 2.06. The van der Waals surface area contributed by atoms with Crippen LogP contribution in [0, 0.1) is 6.92 Å². The van der Waals surface area contributed by atoms with E-state index in [0.717, 1.165) is 0 Å². The van der Waals surface area contributed by atoms with Crippen LogP contribution >= 0.6 is 0 Å². The predicted octanol–water partition coefficient (Wildman–Crippen LogP) is 1.27. The van der Waals surface area contributed by atoms with Crippen LogP contribution < -0.4 is 5.32 Å². The third kappa shape index (κ3) is 3.20. The lowest BCUT2D eigenvalue weighted by atomic mass is 10.1. The van der Waals surface area contributed by atoms with E-state index in [1.54, 1.807) is 20.8 Å². The number of aromatic carboxylic acids is 1. The van der Waals surface area contributed by atoms with Crippen LogP contribution in [0.4, 0.5) is 5.82 Å². The molecule has 0 aromatic carbocycles. The minimum atomic E-state index is -0.990. The number of carboxylic acids is 1. The molecule has 5 nitrogen and oxygen atoms in total. The molecule has 0 radical (unpaired) electrons. The summed E-state index contributed by atoms with van der Waals surface area (Å²) in [6.07, 6.45) is 0. The number of nitrogens with zero attached hydrogens (tertiary/aromatic N) is 1. The van der Waals surface area contributed by atoms with E-state index in [-0.39, 0.29) is 12.2 Å². The van der Waals surface area contributed by atoms with Crippen molar-refractivity contribution in [3.8, 4) is 0 Å². The monoisotopic (exact) mass is 224 g/mol. The predicted molar refractivity (Wildman–Crippen MR) is 60.7 cm³/mol. The summed E-state index contributed by atoms with van der Waals surface area (Å²) in [4.78, 5) is 15.0. The first kappa shape index (κ1) is 12.4. The molecule has 0 saturated heterocycles. The number of rotatable bonds is 4. The van der Waals surface area contributed by atoms with E-state index in [4.69, 9.17) is 10.2 Å². The lowest BCUT2D eigenvalue weighted by Gasteiger charge is -2.24. The van der Waals surface area contributed by atoms with Crippen molar-refractivity contribution in [2.75, 3.05) is 11.9 Å². The fraction of sp³-hybridized carbons (Fsp3) is 0.455. The van der Waals surface area contributed by atoms with Gasteiger partial charge in [-0.15, -0.1) is 0 Å². The van der Waals surface area contributed by atoms with Crippen LogP contribution in [0.15, 0.2) is 12.1 Å². The van der Waals surface area contributed by atoms with Crippen LogP contribution in [0.5, 0.6) is 0 Å². The van der Waals surface area contributed by atoms with Crippen LogP contribution in [-0.4, -0.2) is 33.3 Å². The first-order valence-corrected chi connectivity index (χ1v) is 4.95. The molecule has 1 aromatic rings. The number of hydrogen-bond donors (Lipinski definition) is 3. The van der Waals surface area contributed by atoms with Gasteiger partial charge in [0.05, 0.1) is 17.7 Å². The van der Waals surface area contributed by atoms with Gasteiger partial charge in [-0.3, -0.25) is 0 Å². The van der Waals surface area contributed by atoms with E-state index in [1.165, 1.54) is 12.1 Å². The summed E-state index contributed by atoms with van der Waals surface area (Å²) in [5, 5.41) is 21.0. The fourth-order valence-electron chi connectivity index (χ4n) is 1.24. The summed E-state index contributed by atoms with van der Waals surface area (Å²) in [6, 6.07) is 2.95. The standard InChI is InChI=1S/C11H16N2O3/c1-7-4-8(10(15)16)5-9(12-7)13-11(2,3)6-14/h4-5,14H,6H2,1-3H3,(H,12,13)(H,15,16). The Morgan fingerprint density at radius 3 is 2.62 bits per heavy atom. The zero-order valence-electron chi connectivity index (χ0n) is 9.61. The number of anilines is 1. The van der Waals surface area contributed by atoms with Gasteiger partial charge >= 0.3 is 5.97 Å². The van der Waals surface area contributed by atoms with Crippen molar-refractivity contribution in [2.45, 2.75) is 26.3 Å². The average molecular weight is 224 g/mol. The maximum Gasteiger partial charge on any atom is 0.335 e. The van der Waals surface area contributed by atoms with Gasteiger partial charge in [-0.25, -0.2) is 9.78 Å². The number of pyridine rings is 1. The average Bonchev–Trinajstić information content (AvgIpc) is 2.16. The molecular weight excluding hydrogens is 208 g/mol. The number of aryl methyl sites for hydroxylation is 1. The molecule has 0 amide bonds. The number of aliphatic hydroxyl groups is 1. The number of carbonyl (C=O) groups is 1. The first-order chi connectivity index (χ1) is 7.34. The molecule has 88 valence electrons. The highest BCUT2D eigenvalue weighted by molar-refractivity contribution is 5.88. The van der Waals surface area contributed by atoms with E-state index in [2.05, 4.69) is 10.3 Å². The van der Waals surface area contributed by atoms with Crippen molar-refractivity contribution in [3.05, 3.63) is 23.4 Å². The summed E-state index contributed by atoms with van der Waals surface area (Å²) < 4.78 is 0. The molecule has 16 heavy (non-hydrogen) atoms. The summed E-state index contributed by atoms with van der Waals surface area (Å²) >= 11 is 0. The van der Waals surface area contributed by atoms with Crippen LogP contribution in [-0.2, 0) is 0 Å². The Balaban J connectivity index is 3.01. The van der Waals surface area contributed by atoms with Crippen molar-refractivity contribution in [2.24, 2.45) is 0 Å². The molecule has 0 bridgehead atoms. The Morgan fingerprint density at radius 1 is 1.50 bits per heavy atom. The van der Waals surface area contributed by atoms with Gasteiger partial charge < -0.3 is 15.5 Å². The second kappa shape index (κ2) is 4.49. The minimum Gasteiger partial charge on any atom is -0.478 e. The van der Waals surface area contributed by atoms with Gasteiger partial charge in [0.2, 0.25) is 0 Å². The summed E-state index contributed by atoms with van der Waals surface area (Å²) in [7, 11) is 0. The summed E-state index contributed by atoms with van der Waals surface area (Å²) in [5.74, 6) is -0.535. The van der Waals surface area contributed by atoms with Crippen molar-refractivity contribution in [3.63, 3.8) is 0 Å². The van der Waals surface area contributed by atoms with Crippen molar-refractivity contribution < 1.29 is 15.0 Å². The van der Waals surface area contributed by atoms with E-state index in [1.807, 2.05) is 0 Å². The van der Waals surface area contributed by atoms with Gasteiger partial charge in [0.1, 0.15) is 5.82 Å². The quantitative estimate of drug-likeness (QED) is 0.717. The topological polar surface area (TPSA) is 82.5 Å². The largest absolute Gasteiger partial charge is 0.478 e. The van der Waals surface area contributed by atoms with Gasteiger partial charge in [-0.1, -0.05) is 0 Å². The molecule has 1 aromatic heterocycles. The number of aromatic nitrogens is 1. The highest BCUT2D eigenvalue weighted by Gasteiger charge is 2.17. The zero-order valence-corrected chi connectivity index (χ0v) is 9.61. The summed E-state index contributed by atoms with van der Waals surface area (Å²) in [6.45, 7) is 5.27. The molecule has 0 saturated carbocycles. The Bertz CT molecular complexity index is 402. The lowest BCUT2D eigenvalue weighted by molar-refractivity contribution is 0.0696. The van der Waals surface area contributed by atoms with Gasteiger partial charge in [0.15, 0.2) is 0 Å². The molecule has 0 unspecified atom stereocenters. The van der Waals surface area contributed by atoms with Gasteiger partial charge in [0, 0.05) is 5.69 Å². The van der Waals surface area contributed by atoms with Crippen LogP contribution in [0.3, 0.4) is 0 Å². The molecule has 1 heterocycles. The molecule has 0 aliphatic heterocycles. The fourth-order valence-corrected chi connectivity index (χ4v) is 1.24. The first-order valence-electron chi connectivity index (χ1n) is 4.95. The normalized spacial score (nSPS) is 11.2. The van der Waals surface area contributed by atoms with Crippen molar-refractivity contribution >= 4 is 11.8 Å². The molecule has 0 aliphatic rings. The van der Waals surface area contributed by atoms with Crippen molar-refractivity contribution in [1.82, 2.24) is 4.98 Å². The molecule has 1 rings (SSSR count). The molecular formula is C11H16N2O3. The van der Waals surface area contributed by atoms with Crippen LogP contribution in [0.25, 0.3) is 0 Å². The maximum absolute atomic E-state index is 10.8. The maximum atomic E-state index is 10.8.